The van der Waals surface area contributed by atoms with E-state index in [2.05, 4.69) is 35.0 Å². The Morgan fingerprint density at radius 1 is 1.32 bits per heavy atom. The van der Waals surface area contributed by atoms with Crippen molar-refractivity contribution in [1.82, 2.24) is 4.90 Å². The highest BCUT2D eigenvalue weighted by Gasteiger charge is 2.27. The second-order valence-corrected chi connectivity index (χ2v) is 6.08. The van der Waals surface area contributed by atoms with Crippen LogP contribution in [-0.4, -0.2) is 29.9 Å². The molecule has 0 fully saturated rings. The van der Waals surface area contributed by atoms with Gasteiger partial charge in [0.15, 0.2) is 0 Å². The Morgan fingerprint density at radius 2 is 2.05 bits per heavy atom. The molecule has 0 N–H and O–H groups in total. The van der Waals surface area contributed by atoms with Crippen LogP contribution in [0, 0.1) is 5.92 Å². The molecule has 0 radical (unpaired) electrons. The first-order chi connectivity index (χ1) is 9.13. The van der Waals surface area contributed by atoms with Crippen molar-refractivity contribution < 1.29 is 4.79 Å². The topological polar surface area (TPSA) is 23.6 Å². The Hall–Kier alpha value is -1.03. The van der Waals surface area contributed by atoms with Crippen LogP contribution in [-0.2, 0) is 6.54 Å². The number of nitrogens with zero attached hydrogens (tertiary/aromatic N) is 2. The molecule has 104 valence electrons. The third-order valence-corrected chi connectivity index (χ3v) is 4.15. The van der Waals surface area contributed by atoms with Gasteiger partial charge in [-0.1, -0.05) is 41.1 Å². The molecule has 0 saturated carbocycles. The normalized spacial score (nSPS) is 16.5. The summed E-state index contributed by atoms with van der Waals surface area (Å²) in [6, 6.07) is 8.31. The maximum Gasteiger partial charge on any atom is 0.324 e. The Balaban J connectivity index is 2.12. The number of para-hydroxylation sites is 1. The summed E-state index contributed by atoms with van der Waals surface area (Å²) < 4.78 is 0. The molecule has 0 aromatic heterocycles. The highest BCUT2D eigenvalue weighted by molar-refractivity contribution is 9.09. The molecule has 1 aromatic carbocycles. The summed E-state index contributed by atoms with van der Waals surface area (Å²) in [6.45, 7) is 3.75. The number of hydrogen-bond acceptors (Lipinski definition) is 1. The van der Waals surface area contributed by atoms with Gasteiger partial charge in [0.05, 0.1) is 5.69 Å². The lowest BCUT2D eigenvalue weighted by atomic mass is 10.0. The van der Waals surface area contributed by atoms with E-state index in [9.17, 15) is 4.79 Å². The first-order valence-electron chi connectivity index (χ1n) is 6.80. The molecule has 0 saturated heterocycles. The molecule has 0 spiro atoms. The molecule has 0 bridgehead atoms. The van der Waals surface area contributed by atoms with Crippen LogP contribution >= 0.6 is 15.9 Å². The summed E-state index contributed by atoms with van der Waals surface area (Å²) in [4.78, 5) is 16.0. The number of rotatable bonds is 5. The van der Waals surface area contributed by atoms with E-state index < -0.39 is 0 Å². The van der Waals surface area contributed by atoms with E-state index in [1.54, 1.807) is 4.90 Å². The lowest BCUT2D eigenvalue weighted by molar-refractivity contribution is 0.210. The lowest BCUT2D eigenvalue weighted by Crippen LogP contribution is -2.45. The van der Waals surface area contributed by atoms with Gasteiger partial charge >= 0.3 is 6.03 Å². The number of anilines is 1. The predicted molar refractivity (Wildman–Crippen MR) is 82.8 cm³/mol. The molecule has 0 aliphatic carbocycles. The fourth-order valence-corrected chi connectivity index (χ4v) is 3.22. The standard InChI is InChI=1S/C15H21BrN2O/c1-12(7-9-16)8-10-18-14-6-4-3-5-13(14)11-17(2)15(18)19/h3-6,12H,7-11H2,1-2H3. The van der Waals surface area contributed by atoms with Crippen molar-refractivity contribution in [2.75, 3.05) is 23.8 Å². The van der Waals surface area contributed by atoms with Crippen molar-refractivity contribution in [2.24, 2.45) is 5.92 Å². The number of carbonyl (C=O) groups is 1. The number of benzene rings is 1. The quantitative estimate of drug-likeness (QED) is 0.754. The van der Waals surface area contributed by atoms with Crippen LogP contribution in [0.1, 0.15) is 25.3 Å². The molecule has 1 unspecified atom stereocenters. The largest absolute Gasteiger partial charge is 0.324 e. The minimum absolute atomic E-state index is 0.116. The van der Waals surface area contributed by atoms with Crippen molar-refractivity contribution in [3.8, 4) is 0 Å². The van der Waals surface area contributed by atoms with Crippen LogP contribution in [0.3, 0.4) is 0 Å². The Kier molecular flexibility index (Phi) is 4.86. The number of fused-ring (bicyclic) bond motifs is 1. The van der Waals surface area contributed by atoms with E-state index >= 15 is 0 Å². The van der Waals surface area contributed by atoms with E-state index in [1.165, 1.54) is 5.56 Å². The van der Waals surface area contributed by atoms with Gasteiger partial charge in [0.2, 0.25) is 0 Å². The van der Waals surface area contributed by atoms with Gasteiger partial charge in [-0.25, -0.2) is 4.79 Å². The summed E-state index contributed by atoms with van der Waals surface area (Å²) in [5.41, 5.74) is 2.31. The molecule has 1 aromatic rings. The fourth-order valence-electron chi connectivity index (χ4n) is 2.44. The molecule has 1 atom stereocenters. The average Bonchev–Trinajstić information content (AvgIpc) is 2.39. The minimum atomic E-state index is 0.116. The van der Waals surface area contributed by atoms with Crippen LogP contribution in [0.5, 0.6) is 0 Å². The SMILES string of the molecule is CC(CCBr)CCN1C(=O)N(C)Cc2ccccc21. The van der Waals surface area contributed by atoms with Crippen molar-refractivity contribution in [3.63, 3.8) is 0 Å². The van der Waals surface area contributed by atoms with Crippen LogP contribution in [0.4, 0.5) is 10.5 Å². The van der Waals surface area contributed by atoms with E-state index in [-0.39, 0.29) is 6.03 Å². The third kappa shape index (κ3) is 3.30. The number of carbonyl (C=O) groups excluding carboxylic acids is 1. The zero-order chi connectivity index (χ0) is 13.8. The number of hydrogen-bond donors (Lipinski definition) is 0. The van der Waals surface area contributed by atoms with Gasteiger partial charge in [-0.3, -0.25) is 4.90 Å². The monoisotopic (exact) mass is 324 g/mol. The lowest BCUT2D eigenvalue weighted by Gasteiger charge is -2.35. The van der Waals surface area contributed by atoms with Crippen LogP contribution in [0.15, 0.2) is 24.3 Å². The fraction of sp³-hybridized carbons (Fsp3) is 0.533. The second-order valence-electron chi connectivity index (χ2n) is 5.29. The summed E-state index contributed by atoms with van der Waals surface area (Å²) in [7, 11) is 1.87. The van der Waals surface area contributed by atoms with Gasteiger partial charge in [0.25, 0.3) is 0 Å². The van der Waals surface area contributed by atoms with Crippen LogP contribution < -0.4 is 4.90 Å². The molecule has 1 aliphatic heterocycles. The highest BCUT2D eigenvalue weighted by atomic mass is 79.9. The summed E-state index contributed by atoms with van der Waals surface area (Å²) >= 11 is 3.47. The summed E-state index contributed by atoms with van der Waals surface area (Å²) in [5, 5.41) is 1.03. The first kappa shape index (κ1) is 14.4. The average molecular weight is 325 g/mol. The summed E-state index contributed by atoms with van der Waals surface area (Å²) in [5.74, 6) is 0.631. The molecule has 2 amide bonds. The zero-order valence-corrected chi connectivity index (χ0v) is 13.2. The van der Waals surface area contributed by atoms with Crippen LogP contribution in [0.2, 0.25) is 0 Å². The van der Waals surface area contributed by atoms with Gasteiger partial charge < -0.3 is 4.90 Å². The van der Waals surface area contributed by atoms with E-state index in [1.807, 2.05) is 24.1 Å². The van der Waals surface area contributed by atoms with Crippen molar-refractivity contribution >= 4 is 27.6 Å². The van der Waals surface area contributed by atoms with E-state index in [4.69, 9.17) is 0 Å². The Labute approximate surface area is 123 Å². The molecule has 1 aliphatic rings. The van der Waals surface area contributed by atoms with Crippen molar-refractivity contribution in [3.05, 3.63) is 29.8 Å². The van der Waals surface area contributed by atoms with Crippen molar-refractivity contribution in [2.45, 2.75) is 26.3 Å². The number of halogens is 1. The Bertz CT molecular complexity index is 450. The predicted octanol–water partition coefficient (Wildman–Crippen LogP) is 3.87. The second kappa shape index (κ2) is 6.42. The number of alkyl halides is 1. The maximum atomic E-state index is 12.3. The maximum absolute atomic E-state index is 12.3. The van der Waals surface area contributed by atoms with E-state index in [0.717, 1.165) is 30.4 Å². The molecule has 19 heavy (non-hydrogen) atoms. The minimum Gasteiger partial charge on any atom is -0.323 e. The zero-order valence-electron chi connectivity index (χ0n) is 11.6. The van der Waals surface area contributed by atoms with Gasteiger partial charge in [-0.15, -0.1) is 0 Å². The van der Waals surface area contributed by atoms with Gasteiger partial charge in [-0.05, 0) is 30.4 Å². The smallest absolute Gasteiger partial charge is 0.323 e. The van der Waals surface area contributed by atoms with Gasteiger partial charge in [0, 0.05) is 25.5 Å². The number of amides is 2. The van der Waals surface area contributed by atoms with Crippen molar-refractivity contribution in [1.29, 1.82) is 0 Å². The molecule has 2 rings (SSSR count). The van der Waals surface area contributed by atoms with Crippen LogP contribution in [0.25, 0.3) is 0 Å². The van der Waals surface area contributed by atoms with Gasteiger partial charge in [0.1, 0.15) is 0 Å². The van der Waals surface area contributed by atoms with Gasteiger partial charge in [-0.2, -0.15) is 0 Å². The summed E-state index contributed by atoms with van der Waals surface area (Å²) in [6.07, 6.45) is 2.19. The number of urea groups is 1. The Morgan fingerprint density at radius 3 is 2.79 bits per heavy atom. The first-order valence-corrected chi connectivity index (χ1v) is 7.92. The third-order valence-electron chi connectivity index (χ3n) is 3.69. The molecule has 3 nitrogen and oxygen atoms in total. The molecular formula is C15H21BrN2O. The molecular weight excluding hydrogens is 304 g/mol. The molecule has 1 heterocycles. The molecule has 4 heteroatoms. The highest BCUT2D eigenvalue weighted by Crippen LogP contribution is 2.28. The van der Waals surface area contributed by atoms with E-state index in [0.29, 0.717) is 12.5 Å².